The molecule has 5 rings (SSSR count). The molecule has 9 nitrogen and oxygen atoms in total. The number of aromatic nitrogens is 2. The van der Waals surface area contributed by atoms with Gasteiger partial charge in [0.25, 0.3) is 5.91 Å². The number of nitrogens with one attached hydrogen (secondary N) is 1. The third-order valence-electron chi connectivity index (χ3n) is 6.99. The number of hydrogen-bond acceptors (Lipinski definition) is 6. The fourth-order valence-corrected chi connectivity index (χ4v) is 5.10. The van der Waals surface area contributed by atoms with Crippen LogP contribution in [0.5, 0.6) is 11.5 Å². The maximum atomic E-state index is 13.0. The number of benzene rings is 1. The highest BCUT2D eigenvalue weighted by Gasteiger charge is 2.32. The van der Waals surface area contributed by atoms with Gasteiger partial charge in [0.1, 0.15) is 12.3 Å². The van der Waals surface area contributed by atoms with Gasteiger partial charge in [-0.25, -0.2) is 0 Å². The molecule has 3 heterocycles. The third kappa shape index (κ3) is 4.57. The lowest BCUT2D eigenvalue weighted by molar-refractivity contribution is -0.121. The van der Waals surface area contributed by atoms with Crippen LogP contribution in [0.1, 0.15) is 45.8 Å². The number of nitrogens with zero attached hydrogens (tertiary/aromatic N) is 3. The zero-order chi connectivity index (χ0) is 25.2. The molecule has 0 unspecified atom stereocenters. The minimum absolute atomic E-state index is 0.0331. The molecule has 36 heavy (non-hydrogen) atoms. The molecule has 0 spiro atoms. The monoisotopic (exact) mass is 492 g/mol. The molecular weight excluding hydrogens is 460 g/mol. The summed E-state index contributed by atoms with van der Waals surface area (Å²) in [4.78, 5) is 27.4. The van der Waals surface area contributed by atoms with E-state index in [9.17, 15) is 9.59 Å². The second kappa shape index (κ2) is 10.1. The predicted molar refractivity (Wildman–Crippen MR) is 133 cm³/mol. The van der Waals surface area contributed by atoms with Gasteiger partial charge < -0.3 is 24.1 Å². The van der Waals surface area contributed by atoms with Gasteiger partial charge in [-0.2, -0.15) is 5.10 Å². The molecule has 0 radical (unpaired) electrons. The summed E-state index contributed by atoms with van der Waals surface area (Å²) in [6, 6.07) is 5.74. The molecular formula is C27H32N4O5. The molecule has 2 amide bonds. The second-order valence-corrected chi connectivity index (χ2v) is 9.34. The van der Waals surface area contributed by atoms with E-state index in [2.05, 4.69) is 5.32 Å². The zero-order valence-electron chi connectivity index (χ0n) is 21.1. The molecule has 1 aliphatic carbocycles. The lowest BCUT2D eigenvalue weighted by atomic mass is 9.93. The van der Waals surface area contributed by atoms with Gasteiger partial charge >= 0.3 is 0 Å². The van der Waals surface area contributed by atoms with Gasteiger partial charge in [0.15, 0.2) is 17.3 Å². The summed E-state index contributed by atoms with van der Waals surface area (Å²) in [7, 11) is 3.21. The van der Waals surface area contributed by atoms with Crippen molar-refractivity contribution in [3.8, 4) is 22.8 Å². The Balaban J connectivity index is 1.23. The van der Waals surface area contributed by atoms with E-state index in [4.69, 9.17) is 19.0 Å². The fraction of sp³-hybridized carbons (Fsp3) is 0.444. The van der Waals surface area contributed by atoms with Gasteiger partial charge in [-0.05, 0) is 55.9 Å². The van der Waals surface area contributed by atoms with Crippen LogP contribution >= 0.6 is 0 Å². The lowest BCUT2D eigenvalue weighted by Crippen LogP contribution is -2.29. The molecule has 1 N–H and O–H groups in total. The van der Waals surface area contributed by atoms with E-state index in [-0.39, 0.29) is 18.4 Å². The summed E-state index contributed by atoms with van der Waals surface area (Å²) in [5, 5.41) is 7.68. The largest absolute Gasteiger partial charge is 0.493 e. The van der Waals surface area contributed by atoms with E-state index in [0.717, 1.165) is 72.5 Å². The number of hydrogen-bond donors (Lipinski definition) is 1. The van der Waals surface area contributed by atoms with Crippen LogP contribution in [-0.4, -0.2) is 60.3 Å². The minimum Gasteiger partial charge on any atom is -0.493 e. The molecule has 1 saturated heterocycles. The molecule has 1 aromatic carbocycles. The Morgan fingerprint density at radius 2 is 1.89 bits per heavy atom. The SMILES string of the molecule is COc1ccc(CCNC(=O)Cn2cc3c(n2)-c2c(oc(C(=O)N4CCCC4)c2C)CC3)cc1OC. The van der Waals surface area contributed by atoms with E-state index < -0.39 is 0 Å². The fourth-order valence-electron chi connectivity index (χ4n) is 5.10. The van der Waals surface area contributed by atoms with E-state index in [1.165, 1.54) is 0 Å². The number of methoxy groups -OCH3 is 2. The van der Waals surface area contributed by atoms with Crippen molar-refractivity contribution in [2.75, 3.05) is 33.9 Å². The topological polar surface area (TPSA) is 98.8 Å². The first-order valence-electron chi connectivity index (χ1n) is 12.4. The van der Waals surface area contributed by atoms with Crippen molar-refractivity contribution in [1.29, 1.82) is 0 Å². The first-order valence-corrected chi connectivity index (χ1v) is 12.4. The summed E-state index contributed by atoms with van der Waals surface area (Å²) >= 11 is 0. The van der Waals surface area contributed by atoms with Crippen LogP contribution in [0.2, 0.25) is 0 Å². The quantitative estimate of drug-likeness (QED) is 0.519. The Hall–Kier alpha value is -3.75. The predicted octanol–water partition coefficient (Wildman–Crippen LogP) is 3.16. The molecule has 3 aromatic rings. The van der Waals surface area contributed by atoms with Crippen molar-refractivity contribution in [3.63, 3.8) is 0 Å². The Kier molecular flexibility index (Phi) is 6.71. The number of carbonyl (C=O) groups excluding carboxylic acids is 2. The molecule has 1 aliphatic heterocycles. The highest BCUT2D eigenvalue weighted by atomic mass is 16.5. The van der Waals surface area contributed by atoms with Gasteiger partial charge in [-0.3, -0.25) is 14.3 Å². The number of likely N-dealkylation sites (tertiary alicyclic amines) is 1. The summed E-state index contributed by atoms with van der Waals surface area (Å²) < 4.78 is 18.3. The first kappa shape index (κ1) is 24.0. The zero-order valence-corrected chi connectivity index (χ0v) is 21.1. The normalized spacial score (nSPS) is 14.4. The molecule has 2 aromatic heterocycles. The number of fused-ring (bicyclic) bond motifs is 3. The van der Waals surface area contributed by atoms with E-state index in [1.54, 1.807) is 18.9 Å². The molecule has 9 heteroatoms. The molecule has 2 aliphatic rings. The third-order valence-corrected chi connectivity index (χ3v) is 6.99. The Morgan fingerprint density at radius 3 is 2.64 bits per heavy atom. The second-order valence-electron chi connectivity index (χ2n) is 9.34. The van der Waals surface area contributed by atoms with Crippen molar-refractivity contribution in [1.82, 2.24) is 20.0 Å². The van der Waals surface area contributed by atoms with Crippen molar-refractivity contribution < 1.29 is 23.5 Å². The van der Waals surface area contributed by atoms with Gasteiger partial charge in [-0.15, -0.1) is 0 Å². The van der Waals surface area contributed by atoms with Crippen LogP contribution < -0.4 is 14.8 Å². The number of furan rings is 1. The van der Waals surface area contributed by atoms with Gasteiger partial charge in [-0.1, -0.05) is 6.07 Å². The average molecular weight is 493 g/mol. The van der Waals surface area contributed by atoms with Crippen LogP contribution in [0.25, 0.3) is 11.3 Å². The average Bonchev–Trinajstić information content (AvgIpc) is 3.62. The molecule has 1 fully saturated rings. The van der Waals surface area contributed by atoms with Crippen LogP contribution in [0.4, 0.5) is 0 Å². The number of ether oxygens (including phenoxy) is 2. The lowest BCUT2D eigenvalue weighted by Gasteiger charge is -2.13. The maximum absolute atomic E-state index is 13.0. The first-order chi connectivity index (χ1) is 17.5. The maximum Gasteiger partial charge on any atom is 0.289 e. The Morgan fingerprint density at radius 1 is 1.11 bits per heavy atom. The standard InChI is InChI=1S/C27H32N4O5/c1-17-24-21(36-26(17)27(33)30-12-4-5-13-30)9-7-19-15-31(29-25(19)24)16-23(32)28-11-10-18-6-8-20(34-2)22(14-18)35-3/h6,8,14-15H,4-5,7,9-13,16H2,1-3H3,(H,28,32). The van der Waals surface area contributed by atoms with Crippen LogP contribution in [-0.2, 0) is 30.6 Å². The van der Waals surface area contributed by atoms with Gasteiger partial charge in [0, 0.05) is 43.4 Å². The molecule has 190 valence electrons. The Labute approximate surface area is 210 Å². The van der Waals surface area contributed by atoms with Crippen LogP contribution in [0, 0.1) is 6.92 Å². The number of aryl methyl sites for hydroxylation is 2. The number of amides is 2. The highest BCUT2D eigenvalue weighted by Crippen LogP contribution is 2.38. The number of rotatable bonds is 8. The van der Waals surface area contributed by atoms with Gasteiger partial charge in [0.05, 0.1) is 19.9 Å². The Bertz CT molecular complexity index is 1290. The van der Waals surface area contributed by atoms with E-state index >= 15 is 0 Å². The van der Waals surface area contributed by atoms with E-state index in [1.807, 2.05) is 36.2 Å². The summed E-state index contributed by atoms with van der Waals surface area (Å²) in [6.07, 6.45) is 6.17. The minimum atomic E-state index is -0.107. The summed E-state index contributed by atoms with van der Waals surface area (Å²) in [5.74, 6) is 2.45. The van der Waals surface area contributed by atoms with Crippen LogP contribution in [0.15, 0.2) is 28.8 Å². The van der Waals surface area contributed by atoms with Crippen LogP contribution in [0.3, 0.4) is 0 Å². The smallest absolute Gasteiger partial charge is 0.289 e. The van der Waals surface area contributed by atoms with Crippen molar-refractivity contribution in [2.24, 2.45) is 0 Å². The van der Waals surface area contributed by atoms with Gasteiger partial charge in [0.2, 0.25) is 5.91 Å². The summed E-state index contributed by atoms with van der Waals surface area (Å²) in [6.45, 7) is 4.13. The highest BCUT2D eigenvalue weighted by molar-refractivity contribution is 5.95. The van der Waals surface area contributed by atoms with Crippen molar-refractivity contribution in [3.05, 3.63) is 52.6 Å². The molecule has 0 bridgehead atoms. The number of carbonyl (C=O) groups is 2. The molecule has 0 atom stereocenters. The van der Waals surface area contributed by atoms with E-state index in [0.29, 0.717) is 30.2 Å². The van der Waals surface area contributed by atoms with Crippen molar-refractivity contribution >= 4 is 11.8 Å². The molecule has 0 saturated carbocycles. The summed E-state index contributed by atoms with van der Waals surface area (Å²) in [5.41, 5.74) is 4.68. The van der Waals surface area contributed by atoms with Crippen molar-refractivity contribution in [2.45, 2.75) is 45.6 Å².